The predicted octanol–water partition coefficient (Wildman–Crippen LogP) is 4.84. The summed E-state index contributed by atoms with van der Waals surface area (Å²) < 4.78 is 40.4. The molecule has 1 N–H and O–H groups in total. The van der Waals surface area contributed by atoms with Gasteiger partial charge in [0.15, 0.2) is 28.3 Å². The number of nitrogens with zero attached hydrogens (tertiary/aromatic N) is 4. The molecule has 37 heavy (non-hydrogen) atoms. The number of rotatable bonds is 7. The molecule has 0 radical (unpaired) electrons. The van der Waals surface area contributed by atoms with Gasteiger partial charge in [-0.3, -0.25) is 4.72 Å². The third kappa shape index (κ3) is 7.05. The SMILES string of the molecule is COc1ccccc1Oc1c(Cl)nc(-c2ncccn2)nc1NS(=O)(=O)c1ccc(C(C)(C)C)cc1.[KH]. The minimum absolute atomic E-state index is 0. The maximum absolute atomic E-state index is 13.3. The van der Waals surface area contributed by atoms with E-state index in [0.29, 0.717) is 11.5 Å². The van der Waals surface area contributed by atoms with Crippen molar-refractivity contribution in [1.29, 1.82) is 0 Å². The summed E-state index contributed by atoms with van der Waals surface area (Å²) in [6.45, 7) is 6.14. The molecule has 0 spiro atoms. The number of hydrogen-bond donors (Lipinski definition) is 1. The number of aromatic nitrogens is 4. The van der Waals surface area contributed by atoms with Gasteiger partial charge in [-0.15, -0.1) is 0 Å². The van der Waals surface area contributed by atoms with Gasteiger partial charge in [0, 0.05) is 12.4 Å². The van der Waals surface area contributed by atoms with Gasteiger partial charge >= 0.3 is 51.4 Å². The van der Waals surface area contributed by atoms with Gasteiger partial charge in [0.05, 0.1) is 12.0 Å². The Morgan fingerprint density at radius 1 is 0.865 bits per heavy atom. The molecule has 0 atom stereocenters. The van der Waals surface area contributed by atoms with Crippen molar-refractivity contribution in [2.45, 2.75) is 31.1 Å². The summed E-state index contributed by atoms with van der Waals surface area (Å²) in [4.78, 5) is 16.9. The van der Waals surface area contributed by atoms with Crippen LogP contribution >= 0.6 is 11.6 Å². The van der Waals surface area contributed by atoms with Gasteiger partial charge in [-0.25, -0.2) is 28.4 Å². The number of methoxy groups -OCH3 is 1. The van der Waals surface area contributed by atoms with Crippen LogP contribution in [0.25, 0.3) is 11.6 Å². The third-order valence-corrected chi connectivity index (χ3v) is 6.74. The van der Waals surface area contributed by atoms with Gasteiger partial charge in [0.2, 0.25) is 11.6 Å². The van der Waals surface area contributed by atoms with Crippen molar-refractivity contribution in [3.63, 3.8) is 0 Å². The molecule has 0 aliphatic carbocycles. The molecule has 2 heterocycles. The van der Waals surface area contributed by atoms with Gasteiger partial charge in [-0.1, -0.05) is 56.6 Å². The van der Waals surface area contributed by atoms with Gasteiger partial charge < -0.3 is 9.47 Å². The third-order valence-electron chi connectivity index (χ3n) is 5.13. The Morgan fingerprint density at radius 3 is 2.08 bits per heavy atom. The van der Waals surface area contributed by atoms with Crippen molar-refractivity contribution in [3.05, 3.63) is 77.7 Å². The molecule has 0 amide bonds. The molecule has 4 aromatic rings. The predicted molar refractivity (Wildman–Crippen MR) is 144 cm³/mol. The Kier molecular flexibility index (Phi) is 9.67. The topological polar surface area (TPSA) is 116 Å². The summed E-state index contributed by atoms with van der Waals surface area (Å²) in [5, 5.41) is -0.140. The first kappa shape index (κ1) is 29.4. The van der Waals surface area contributed by atoms with Crippen molar-refractivity contribution in [2.24, 2.45) is 0 Å². The van der Waals surface area contributed by atoms with E-state index in [2.05, 4.69) is 24.7 Å². The van der Waals surface area contributed by atoms with Crippen LogP contribution in [0.4, 0.5) is 5.82 Å². The van der Waals surface area contributed by atoms with E-state index in [0.717, 1.165) is 5.56 Å². The quantitative estimate of drug-likeness (QED) is 0.250. The van der Waals surface area contributed by atoms with E-state index in [1.807, 2.05) is 20.8 Å². The van der Waals surface area contributed by atoms with E-state index in [-0.39, 0.29) is 90.1 Å². The summed E-state index contributed by atoms with van der Waals surface area (Å²) in [6, 6.07) is 15.1. The molecule has 12 heteroatoms. The van der Waals surface area contributed by atoms with E-state index in [4.69, 9.17) is 21.1 Å². The van der Waals surface area contributed by atoms with E-state index in [9.17, 15) is 8.42 Å². The average Bonchev–Trinajstić information content (AvgIpc) is 2.86. The second-order valence-corrected chi connectivity index (χ2v) is 10.8. The van der Waals surface area contributed by atoms with Gasteiger partial charge in [0.25, 0.3) is 10.0 Å². The second-order valence-electron chi connectivity index (χ2n) is 8.72. The van der Waals surface area contributed by atoms with Crippen molar-refractivity contribution in [2.75, 3.05) is 11.8 Å². The van der Waals surface area contributed by atoms with Gasteiger partial charge in [-0.05, 0) is 41.3 Å². The fourth-order valence-corrected chi connectivity index (χ4v) is 4.44. The normalized spacial score (nSPS) is 11.4. The first-order valence-electron chi connectivity index (χ1n) is 10.9. The average molecular weight is 566 g/mol. The number of halogens is 1. The summed E-state index contributed by atoms with van der Waals surface area (Å²) in [5.41, 5.74) is 0.867. The fraction of sp³-hybridized carbons (Fsp3) is 0.200. The number of para-hydroxylation sites is 2. The molecule has 0 fully saturated rings. The number of hydrogen-bond acceptors (Lipinski definition) is 8. The van der Waals surface area contributed by atoms with Crippen LogP contribution in [0, 0.1) is 0 Å². The van der Waals surface area contributed by atoms with Gasteiger partial charge in [0.1, 0.15) is 0 Å². The first-order chi connectivity index (χ1) is 17.1. The number of sulfonamides is 1. The van der Waals surface area contributed by atoms with Crippen molar-refractivity contribution >= 4 is 78.8 Å². The number of ether oxygens (including phenoxy) is 2. The maximum atomic E-state index is 13.3. The van der Waals surface area contributed by atoms with E-state index in [1.54, 1.807) is 42.5 Å². The van der Waals surface area contributed by atoms with Crippen LogP contribution in [0.1, 0.15) is 26.3 Å². The monoisotopic (exact) mass is 565 g/mol. The molecule has 188 valence electrons. The molecule has 0 aliphatic heterocycles. The molecular formula is C25H25ClKN5O4S. The minimum atomic E-state index is -4.07. The molecule has 0 aliphatic rings. The zero-order valence-corrected chi connectivity index (χ0v) is 21.6. The van der Waals surface area contributed by atoms with Crippen LogP contribution in [0.3, 0.4) is 0 Å². The molecule has 0 bridgehead atoms. The van der Waals surface area contributed by atoms with Crippen molar-refractivity contribution in [1.82, 2.24) is 19.9 Å². The Labute approximate surface area is 263 Å². The van der Waals surface area contributed by atoms with Crippen LogP contribution in [-0.4, -0.2) is 86.8 Å². The summed E-state index contributed by atoms with van der Waals surface area (Å²) in [5.74, 6) is 0.616. The Bertz CT molecular complexity index is 1480. The molecule has 4 rings (SSSR count). The van der Waals surface area contributed by atoms with Crippen molar-refractivity contribution in [3.8, 4) is 28.9 Å². The van der Waals surface area contributed by atoms with Crippen LogP contribution < -0.4 is 14.2 Å². The van der Waals surface area contributed by atoms with Crippen LogP contribution in [0.5, 0.6) is 17.2 Å². The molecule has 0 saturated carbocycles. The molecule has 2 aromatic carbocycles. The van der Waals surface area contributed by atoms with Crippen LogP contribution in [0.15, 0.2) is 71.9 Å². The molecule has 0 unspecified atom stereocenters. The summed E-state index contributed by atoms with van der Waals surface area (Å²) in [7, 11) is -2.59. The Balaban J connectivity index is 0.00000380. The first-order valence-corrected chi connectivity index (χ1v) is 12.7. The molecule has 2 aromatic heterocycles. The molecule has 0 saturated heterocycles. The van der Waals surface area contributed by atoms with E-state index >= 15 is 0 Å². The van der Waals surface area contributed by atoms with Crippen LogP contribution in [0.2, 0.25) is 5.15 Å². The zero-order chi connectivity index (χ0) is 25.9. The summed E-state index contributed by atoms with van der Waals surface area (Å²) >= 11 is 6.47. The standard InChI is InChI=1S/C25H24ClN5O4S.K.H/c1-25(2,3)16-10-12-17(13-11-16)36(32,33)31-22-20(35-19-9-6-5-8-18(19)34-4)21(26)29-24(30-22)23-27-14-7-15-28-23;;/h5-15H,1-4H3,(H,29,30,31);;. The fourth-order valence-electron chi connectivity index (χ4n) is 3.23. The van der Waals surface area contributed by atoms with Crippen molar-refractivity contribution < 1.29 is 17.9 Å². The van der Waals surface area contributed by atoms with Gasteiger partial charge in [-0.2, -0.15) is 0 Å². The number of benzene rings is 2. The second kappa shape index (κ2) is 12.2. The number of nitrogens with one attached hydrogen (secondary N) is 1. The molecule has 9 nitrogen and oxygen atoms in total. The van der Waals surface area contributed by atoms with Crippen LogP contribution in [-0.2, 0) is 15.4 Å². The molecular weight excluding hydrogens is 541 g/mol. The number of anilines is 1. The van der Waals surface area contributed by atoms with E-state index in [1.165, 1.54) is 31.6 Å². The Morgan fingerprint density at radius 2 is 1.49 bits per heavy atom. The Hall–Kier alpha value is -2.12. The summed E-state index contributed by atoms with van der Waals surface area (Å²) in [6.07, 6.45) is 3.03. The van der Waals surface area contributed by atoms with E-state index < -0.39 is 10.0 Å². The zero-order valence-electron chi connectivity index (χ0n) is 20.1.